The Labute approximate surface area is 277 Å². The number of fused-ring (bicyclic) bond motifs is 1. The molecule has 0 radical (unpaired) electrons. The quantitative estimate of drug-likeness (QED) is 0.271. The van der Waals surface area contributed by atoms with Crippen molar-refractivity contribution in [3.05, 3.63) is 96.1 Å². The molecule has 47 heavy (non-hydrogen) atoms. The molecule has 3 saturated heterocycles. The number of ether oxygens (including phenoxy) is 1. The highest BCUT2D eigenvalue weighted by Crippen LogP contribution is 2.65. The molecule has 3 amide bonds. The number of carbonyl (C=O) groups is 3. The lowest BCUT2D eigenvalue weighted by Crippen LogP contribution is -2.57. The third-order valence-electron chi connectivity index (χ3n) is 10.8. The van der Waals surface area contributed by atoms with Crippen molar-refractivity contribution >= 4 is 29.1 Å². The summed E-state index contributed by atoms with van der Waals surface area (Å²) in [4.78, 5) is 47.1. The molecule has 3 N–H and O–H groups in total. The Hall–Kier alpha value is -4.21. The van der Waals surface area contributed by atoms with Gasteiger partial charge in [-0.15, -0.1) is 0 Å². The summed E-state index contributed by atoms with van der Waals surface area (Å²) in [7, 11) is 0. The summed E-state index contributed by atoms with van der Waals surface area (Å²) in [6.07, 6.45) is 0.799. The number of aliphatic hydroxyl groups is 1. The predicted octanol–water partition coefficient (Wildman–Crippen LogP) is 4.40. The molecule has 3 aliphatic rings. The van der Waals surface area contributed by atoms with E-state index in [0.717, 1.165) is 29.9 Å². The molecule has 7 atom stereocenters. The minimum atomic E-state index is -1.23. The van der Waals surface area contributed by atoms with Crippen molar-refractivity contribution in [2.75, 3.05) is 29.9 Å². The van der Waals surface area contributed by atoms with Crippen molar-refractivity contribution in [3.8, 4) is 0 Å². The first-order valence-electron chi connectivity index (χ1n) is 16.8. The molecule has 248 valence electrons. The first kappa shape index (κ1) is 32.7. The Morgan fingerprint density at radius 1 is 0.957 bits per heavy atom. The van der Waals surface area contributed by atoms with Gasteiger partial charge in [0.25, 0.3) is 0 Å². The van der Waals surface area contributed by atoms with Crippen LogP contribution in [0.3, 0.4) is 0 Å². The summed E-state index contributed by atoms with van der Waals surface area (Å²) in [6.45, 7) is 9.84. The molecule has 1 spiro atoms. The highest BCUT2D eigenvalue weighted by molar-refractivity contribution is 6.04. The number of hydrogen-bond donors (Lipinski definition) is 3. The number of likely N-dealkylation sites (tertiary alicyclic amines) is 1. The number of anilines is 2. The van der Waals surface area contributed by atoms with Gasteiger partial charge in [0, 0.05) is 31.0 Å². The van der Waals surface area contributed by atoms with E-state index >= 15 is 0 Å². The lowest BCUT2D eigenvalue weighted by molar-refractivity contribution is -0.149. The lowest BCUT2D eigenvalue weighted by Gasteiger charge is -2.37. The number of carbonyl (C=O) groups excluding carboxylic acids is 3. The van der Waals surface area contributed by atoms with E-state index in [9.17, 15) is 19.5 Å². The average Bonchev–Trinajstić information content (AvgIpc) is 3.61. The van der Waals surface area contributed by atoms with E-state index in [0.29, 0.717) is 25.1 Å². The molecule has 0 aromatic heterocycles. The second-order valence-electron chi connectivity index (χ2n) is 13.4. The summed E-state index contributed by atoms with van der Waals surface area (Å²) in [6, 6.07) is 25.2. The van der Waals surface area contributed by atoms with E-state index < -0.39 is 35.1 Å². The van der Waals surface area contributed by atoms with Gasteiger partial charge >= 0.3 is 0 Å². The zero-order valence-corrected chi connectivity index (χ0v) is 27.7. The molecule has 6 rings (SSSR count). The number of nitrogens with zero attached hydrogens (tertiary/aromatic N) is 2. The van der Waals surface area contributed by atoms with E-state index in [1.54, 1.807) is 0 Å². The number of amides is 3. The predicted molar refractivity (Wildman–Crippen MR) is 182 cm³/mol. The van der Waals surface area contributed by atoms with Crippen LogP contribution in [0.4, 0.5) is 11.4 Å². The second kappa shape index (κ2) is 13.1. The summed E-state index contributed by atoms with van der Waals surface area (Å²) in [5.74, 6) is -2.74. The van der Waals surface area contributed by atoms with E-state index in [1.807, 2.05) is 98.8 Å². The first-order chi connectivity index (χ1) is 22.7. The minimum absolute atomic E-state index is 0.0932. The van der Waals surface area contributed by atoms with E-state index in [4.69, 9.17) is 4.74 Å². The van der Waals surface area contributed by atoms with Crippen molar-refractivity contribution in [1.82, 2.24) is 10.2 Å². The molecule has 3 aliphatic heterocycles. The highest BCUT2D eigenvalue weighted by Gasteiger charge is 2.80. The fraction of sp³-hybridized carbons (Fsp3) is 0.447. The molecule has 3 aromatic rings. The minimum Gasteiger partial charge on any atom is -0.394 e. The summed E-state index contributed by atoms with van der Waals surface area (Å²) in [5, 5.41) is 16.9. The number of hydrogen-bond acceptors (Lipinski definition) is 6. The molecule has 3 heterocycles. The molecule has 2 bridgehead atoms. The number of nitrogens with one attached hydrogen (secondary N) is 2. The van der Waals surface area contributed by atoms with E-state index in [1.165, 1.54) is 4.90 Å². The molecule has 9 heteroatoms. The maximum Gasteiger partial charge on any atom is 0.250 e. The van der Waals surface area contributed by atoms with Gasteiger partial charge in [-0.2, -0.15) is 0 Å². The Kier molecular flexibility index (Phi) is 9.14. The van der Waals surface area contributed by atoms with Crippen LogP contribution in [0, 0.1) is 17.8 Å². The van der Waals surface area contributed by atoms with Crippen LogP contribution in [0.1, 0.15) is 45.2 Å². The maximum absolute atomic E-state index is 14.7. The molecule has 0 saturated carbocycles. The third-order valence-corrected chi connectivity index (χ3v) is 10.8. The normalized spacial score (nSPS) is 28.2. The summed E-state index contributed by atoms with van der Waals surface area (Å²) < 4.78 is 6.89. The van der Waals surface area contributed by atoms with Crippen LogP contribution in [0.2, 0.25) is 0 Å². The Balaban J connectivity index is 1.36. The third kappa shape index (κ3) is 5.69. The smallest absolute Gasteiger partial charge is 0.250 e. The van der Waals surface area contributed by atoms with Crippen molar-refractivity contribution in [2.24, 2.45) is 17.8 Å². The number of rotatable bonds is 12. The van der Waals surface area contributed by atoms with Crippen LogP contribution in [-0.4, -0.2) is 70.7 Å². The zero-order chi connectivity index (χ0) is 33.3. The van der Waals surface area contributed by atoms with Gasteiger partial charge in [-0.1, -0.05) is 67.6 Å². The van der Waals surface area contributed by atoms with E-state index in [-0.39, 0.29) is 30.2 Å². The standard InChI is InChI=1S/C38H46N4O5/c1-5-41(6-2)29-19-17-28(18-20-29)40-35(45)33-38-22-25(3)37(4,47-38)31(34(44)39-23-27-15-11-8-12-16-27)32(38)36(46)42(33)30(24-43)21-26-13-9-7-10-14-26/h7-20,25,30-33,43H,5-6,21-24H2,1-4H3,(H,39,44)(H,40,45)/t25?,30-,31+,32+,33?,37-,38?/m1/s1. The lowest BCUT2D eigenvalue weighted by atomic mass is 9.62. The van der Waals surface area contributed by atoms with Gasteiger partial charge in [0.1, 0.15) is 11.6 Å². The van der Waals surface area contributed by atoms with Crippen molar-refractivity contribution in [3.63, 3.8) is 0 Å². The van der Waals surface area contributed by atoms with Crippen LogP contribution in [-0.2, 0) is 32.1 Å². The molecule has 3 unspecified atom stereocenters. The fourth-order valence-electron chi connectivity index (χ4n) is 8.36. The van der Waals surface area contributed by atoms with Crippen LogP contribution in [0.25, 0.3) is 0 Å². The molecule has 9 nitrogen and oxygen atoms in total. The van der Waals surface area contributed by atoms with Gasteiger partial charge in [-0.25, -0.2) is 0 Å². The summed E-state index contributed by atoms with van der Waals surface area (Å²) in [5.41, 5.74) is 1.37. The number of aliphatic hydroxyl groups excluding tert-OH is 1. The average molecular weight is 639 g/mol. The monoisotopic (exact) mass is 638 g/mol. The molecular formula is C38H46N4O5. The van der Waals surface area contributed by atoms with Crippen LogP contribution < -0.4 is 15.5 Å². The van der Waals surface area contributed by atoms with Gasteiger partial charge in [-0.05, 0) is 74.9 Å². The van der Waals surface area contributed by atoms with Crippen molar-refractivity contribution < 1.29 is 24.2 Å². The molecule has 3 aromatic carbocycles. The fourth-order valence-corrected chi connectivity index (χ4v) is 8.36. The SMILES string of the molecule is CCN(CC)c1ccc(NC(=O)C2N([C@@H](CO)Cc3ccccc3)C(=O)[C@@H]3[C@@H](C(=O)NCc4ccccc4)[C@]4(C)OC23CC4C)cc1. The van der Waals surface area contributed by atoms with Gasteiger partial charge < -0.3 is 30.3 Å². The second-order valence-corrected chi connectivity index (χ2v) is 13.4. The van der Waals surface area contributed by atoms with Gasteiger partial charge in [0.05, 0.1) is 30.1 Å². The van der Waals surface area contributed by atoms with Crippen LogP contribution in [0.15, 0.2) is 84.9 Å². The number of benzene rings is 3. The Morgan fingerprint density at radius 2 is 1.57 bits per heavy atom. The van der Waals surface area contributed by atoms with Crippen molar-refractivity contribution in [2.45, 2.75) is 70.4 Å². The van der Waals surface area contributed by atoms with Crippen LogP contribution in [0.5, 0.6) is 0 Å². The Bertz CT molecular complexity index is 1580. The van der Waals surface area contributed by atoms with Gasteiger partial charge in [-0.3, -0.25) is 14.4 Å². The molecule has 3 fully saturated rings. The van der Waals surface area contributed by atoms with Crippen LogP contribution >= 0.6 is 0 Å². The molecular weight excluding hydrogens is 592 g/mol. The van der Waals surface area contributed by atoms with Gasteiger partial charge in [0.15, 0.2) is 0 Å². The zero-order valence-electron chi connectivity index (χ0n) is 27.7. The topological polar surface area (TPSA) is 111 Å². The van der Waals surface area contributed by atoms with Gasteiger partial charge in [0.2, 0.25) is 17.7 Å². The first-order valence-corrected chi connectivity index (χ1v) is 16.8. The summed E-state index contributed by atoms with van der Waals surface area (Å²) >= 11 is 0. The van der Waals surface area contributed by atoms with Crippen molar-refractivity contribution in [1.29, 1.82) is 0 Å². The van der Waals surface area contributed by atoms with E-state index in [2.05, 4.69) is 29.4 Å². The maximum atomic E-state index is 14.7. The largest absolute Gasteiger partial charge is 0.394 e. The Morgan fingerprint density at radius 3 is 2.17 bits per heavy atom. The highest BCUT2D eigenvalue weighted by atomic mass is 16.5. The molecule has 0 aliphatic carbocycles.